The van der Waals surface area contributed by atoms with Crippen LogP contribution in [0.3, 0.4) is 0 Å². The summed E-state index contributed by atoms with van der Waals surface area (Å²) in [6.45, 7) is 2.89. The fourth-order valence-electron chi connectivity index (χ4n) is 3.65. The number of nitrogens with two attached hydrogens (primary N) is 1. The molecule has 0 bridgehead atoms. The van der Waals surface area contributed by atoms with Gasteiger partial charge >= 0.3 is 6.18 Å². The minimum atomic E-state index is -4.76. The van der Waals surface area contributed by atoms with E-state index in [0.717, 1.165) is 11.2 Å². The summed E-state index contributed by atoms with van der Waals surface area (Å²) < 4.78 is 65.7. The number of nitrogens with zero attached hydrogens (tertiary/aromatic N) is 2. The van der Waals surface area contributed by atoms with E-state index >= 15 is 0 Å². The van der Waals surface area contributed by atoms with Crippen LogP contribution in [0.15, 0.2) is 53.4 Å². The molecule has 0 saturated carbocycles. The fourth-order valence-corrected chi connectivity index (χ4v) is 4.28. The van der Waals surface area contributed by atoms with Crippen molar-refractivity contribution in [2.45, 2.75) is 43.4 Å². The molecule has 10 heteroatoms. The second-order valence-electron chi connectivity index (χ2n) is 8.24. The molecule has 0 spiro atoms. The molecule has 6 nitrogen and oxygen atoms in total. The third kappa shape index (κ3) is 6.79. The Labute approximate surface area is 191 Å². The van der Waals surface area contributed by atoms with Crippen molar-refractivity contribution in [1.82, 2.24) is 4.90 Å². The summed E-state index contributed by atoms with van der Waals surface area (Å²) in [5, 5.41) is 9.18. The van der Waals surface area contributed by atoms with Crippen molar-refractivity contribution >= 4 is 15.7 Å². The van der Waals surface area contributed by atoms with Crippen LogP contribution in [0.25, 0.3) is 11.1 Å². The summed E-state index contributed by atoms with van der Waals surface area (Å²) in [4.78, 5) is 13.0. The maximum absolute atomic E-state index is 14.2. The van der Waals surface area contributed by atoms with E-state index in [1.165, 1.54) is 36.4 Å². The molecule has 0 aliphatic heterocycles. The van der Waals surface area contributed by atoms with E-state index in [-0.39, 0.29) is 22.8 Å². The Hall–Kier alpha value is -2.90. The number of amides is 1. The number of alkyl halides is 3. The quantitative estimate of drug-likeness (QED) is 0.544. The Morgan fingerprint density at radius 2 is 1.55 bits per heavy atom. The molecule has 0 saturated heterocycles. The van der Waals surface area contributed by atoms with Crippen LogP contribution < -0.4 is 5.73 Å². The Bertz CT molecular complexity index is 1110. The first-order chi connectivity index (χ1) is 15.3. The van der Waals surface area contributed by atoms with Crippen LogP contribution in [0.2, 0.25) is 0 Å². The van der Waals surface area contributed by atoms with Gasteiger partial charge in [-0.05, 0) is 41.2 Å². The van der Waals surface area contributed by atoms with Gasteiger partial charge < -0.3 is 5.73 Å². The van der Waals surface area contributed by atoms with Gasteiger partial charge in [-0.2, -0.15) is 18.4 Å². The topological polar surface area (TPSA) is 104 Å². The lowest BCUT2D eigenvalue weighted by Crippen LogP contribution is -2.51. The van der Waals surface area contributed by atoms with Gasteiger partial charge in [0.25, 0.3) is 0 Å². The molecule has 1 unspecified atom stereocenters. The summed E-state index contributed by atoms with van der Waals surface area (Å²) in [5.74, 6) is -1.04. The highest BCUT2D eigenvalue weighted by atomic mass is 32.2. The first kappa shape index (κ1) is 26.4. The van der Waals surface area contributed by atoms with Crippen molar-refractivity contribution in [3.63, 3.8) is 0 Å². The van der Waals surface area contributed by atoms with Gasteiger partial charge in [0.2, 0.25) is 5.91 Å². The van der Waals surface area contributed by atoms with E-state index in [9.17, 15) is 31.6 Å². The predicted octanol–water partition coefficient (Wildman–Crippen LogP) is 4.09. The van der Waals surface area contributed by atoms with Crippen LogP contribution in [-0.2, 0) is 14.6 Å². The van der Waals surface area contributed by atoms with Crippen LogP contribution in [0.1, 0.15) is 31.9 Å². The third-order valence-electron chi connectivity index (χ3n) is 5.16. The molecule has 0 aliphatic rings. The average Bonchev–Trinajstić information content (AvgIpc) is 2.70. The Morgan fingerprint density at radius 3 is 1.91 bits per heavy atom. The van der Waals surface area contributed by atoms with Crippen LogP contribution in [-0.4, -0.2) is 44.2 Å². The summed E-state index contributed by atoms with van der Waals surface area (Å²) in [7, 11) is -3.37. The molecular weight excluding hydrogens is 455 g/mol. The Morgan fingerprint density at radius 1 is 1.06 bits per heavy atom. The van der Waals surface area contributed by atoms with Crippen molar-refractivity contribution < 1.29 is 26.4 Å². The fraction of sp³-hybridized carbons (Fsp3) is 0.391. The van der Waals surface area contributed by atoms with Crippen LogP contribution >= 0.6 is 0 Å². The summed E-state index contributed by atoms with van der Waals surface area (Å²) in [6, 6.07) is 9.79. The van der Waals surface area contributed by atoms with Crippen molar-refractivity contribution in [2.75, 3.05) is 12.8 Å². The zero-order chi connectivity index (χ0) is 25.0. The number of sulfone groups is 1. The molecule has 178 valence electrons. The van der Waals surface area contributed by atoms with Crippen molar-refractivity contribution in [2.24, 2.45) is 11.7 Å². The maximum Gasteiger partial charge on any atom is 0.408 e. The molecule has 0 aliphatic carbocycles. The lowest BCUT2D eigenvalue weighted by molar-refractivity contribution is -0.192. The normalized spacial score (nSPS) is 14.2. The lowest BCUT2D eigenvalue weighted by Gasteiger charge is -2.37. The number of carbonyl (C=O) groups is 1. The third-order valence-corrected chi connectivity index (χ3v) is 6.29. The van der Waals surface area contributed by atoms with Crippen molar-refractivity contribution in [3.05, 3.63) is 54.1 Å². The average molecular weight is 482 g/mol. The standard InChI is InChI=1S/C23H26F3N3O3S/c1-15(2)14-20(22(28)30)29(13-12-27)21(23(24,25)26)18-6-4-16(5-7-18)17-8-10-19(11-9-17)33(3,31)32/h4-11,15,20-21H,13-14H2,1-3H3,(H2,28,30)/t20-,21?/m1/s1. The molecule has 33 heavy (non-hydrogen) atoms. The molecule has 2 N–H and O–H groups in total. The van der Waals surface area contributed by atoms with Gasteiger partial charge in [-0.3, -0.25) is 9.69 Å². The maximum atomic E-state index is 14.2. The van der Waals surface area contributed by atoms with Crippen LogP contribution in [0, 0.1) is 17.2 Å². The van der Waals surface area contributed by atoms with Crippen molar-refractivity contribution in [3.8, 4) is 17.2 Å². The summed E-state index contributed by atoms with van der Waals surface area (Å²) in [6.07, 6.45) is -3.60. The number of hydrogen-bond acceptors (Lipinski definition) is 5. The van der Waals surface area contributed by atoms with Crippen molar-refractivity contribution in [1.29, 1.82) is 5.26 Å². The van der Waals surface area contributed by atoms with E-state index in [1.54, 1.807) is 32.0 Å². The van der Waals surface area contributed by atoms with E-state index in [2.05, 4.69) is 0 Å². The van der Waals surface area contributed by atoms with Crippen LogP contribution in [0.5, 0.6) is 0 Å². The minimum Gasteiger partial charge on any atom is -0.368 e. The SMILES string of the molecule is CC(C)C[C@H](C(N)=O)N(CC#N)C(c1ccc(-c2ccc(S(C)(=O)=O)cc2)cc1)C(F)(F)F. The monoisotopic (exact) mass is 481 g/mol. The molecule has 2 aromatic rings. The van der Waals surface area contributed by atoms with Gasteiger partial charge in [0.15, 0.2) is 9.84 Å². The Balaban J connectivity index is 2.47. The number of primary amides is 1. The summed E-state index contributed by atoms with van der Waals surface area (Å²) in [5.41, 5.74) is 6.49. The number of hydrogen-bond donors (Lipinski definition) is 1. The predicted molar refractivity (Wildman–Crippen MR) is 119 cm³/mol. The minimum absolute atomic E-state index is 0.0777. The second kappa shape index (κ2) is 10.4. The largest absolute Gasteiger partial charge is 0.408 e. The first-order valence-electron chi connectivity index (χ1n) is 10.1. The Kier molecular flexibility index (Phi) is 8.27. The molecule has 0 fully saturated rings. The highest BCUT2D eigenvalue weighted by molar-refractivity contribution is 7.90. The van der Waals surface area contributed by atoms with Gasteiger partial charge in [0, 0.05) is 6.26 Å². The number of halogens is 3. The number of benzene rings is 2. The number of rotatable bonds is 9. The first-order valence-corrected chi connectivity index (χ1v) is 12.0. The zero-order valence-electron chi connectivity index (χ0n) is 18.5. The van der Waals surface area contributed by atoms with E-state index < -0.39 is 40.5 Å². The number of carbonyl (C=O) groups excluding carboxylic acids is 1. The molecule has 0 heterocycles. The van der Waals surface area contributed by atoms with E-state index in [0.29, 0.717) is 11.1 Å². The highest BCUT2D eigenvalue weighted by Gasteiger charge is 2.47. The second-order valence-corrected chi connectivity index (χ2v) is 10.3. The zero-order valence-corrected chi connectivity index (χ0v) is 19.3. The van der Waals surface area contributed by atoms with Gasteiger partial charge in [0.05, 0.1) is 23.6 Å². The van der Waals surface area contributed by atoms with Gasteiger partial charge in [-0.25, -0.2) is 8.42 Å². The molecule has 0 aromatic heterocycles. The van der Waals surface area contributed by atoms with E-state index in [1.807, 2.05) is 0 Å². The van der Waals surface area contributed by atoms with Gasteiger partial charge in [0.1, 0.15) is 6.04 Å². The van der Waals surface area contributed by atoms with E-state index in [4.69, 9.17) is 5.73 Å². The van der Waals surface area contributed by atoms with Gasteiger partial charge in [-0.15, -0.1) is 0 Å². The molecular formula is C23H26F3N3O3S. The lowest BCUT2D eigenvalue weighted by atomic mass is 9.95. The molecule has 2 atom stereocenters. The smallest absolute Gasteiger partial charge is 0.368 e. The molecule has 1 amide bonds. The highest BCUT2D eigenvalue weighted by Crippen LogP contribution is 2.40. The molecule has 2 rings (SSSR count). The number of nitriles is 1. The molecule has 2 aromatic carbocycles. The van der Waals surface area contributed by atoms with Gasteiger partial charge in [-0.1, -0.05) is 50.2 Å². The van der Waals surface area contributed by atoms with Crippen LogP contribution in [0.4, 0.5) is 13.2 Å². The molecule has 0 radical (unpaired) electrons. The summed E-state index contributed by atoms with van der Waals surface area (Å²) >= 11 is 0.